The molecule has 1 aliphatic heterocycles. The number of hydrogen-bond donors (Lipinski definition) is 1. The summed E-state index contributed by atoms with van der Waals surface area (Å²) in [6.07, 6.45) is 0. The standard InChI is InChI=1S/C23H19ClN2O2S/c1-14-5-6-15(2)18(12-14)25-21-20(19-4-3-11-29-19)22(27)26(23(21)28)13-16-7-9-17(24)10-8-16/h3-12,25H,13H2,1-2H3. The van der Waals surface area contributed by atoms with Crippen LogP contribution in [0.15, 0.2) is 65.7 Å². The van der Waals surface area contributed by atoms with Gasteiger partial charge >= 0.3 is 0 Å². The van der Waals surface area contributed by atoms with E-state index in [-0.39, 0.29) is 18.4 Å². The monoisotopic (exact) mass is 422 g/mol. The lowest BCUT2D eigenvalue weighted by atomic mass is 10.1. The Bertz CT molecular complexity index is 1120. The molecule has 29 heavy (non-hydrogen) atoms. The third-order valence-corrected chi connectivity index (χ3v) is 5.98. The quantitative estimate of drug-likeness (QED) is 0.559. The summed E-state index contributed by atoms with van der Waals surface area (Å²) < 4.78 is 0. The van der Waals surface area contributed by atoms with E-state index in [4.69, 9.17) is 11.6 Å². The van der Waals surface area contributed by atoms with Crippen molar-refractivity contribution in [3.05, 3.63) is 92.3 Å². The first kappa shape index (κ1) is 19.4. The van der Waals surface area contributed by atoms with Gasteiger partial charge in [0.15, 0.2) is 0 Å². The normalized spacial score (nSPS) is 14.1. The van der Waals surface area contributed by atoms with Crippen molar-refractivity contribution in [2.75, 3.05) is 5.32 Å². The first-order valence-corrected chi connectivity index (χ1v) is 10.4. The van der Waals surface area contributed by atoms with E-state index >= 15 is 0 Å². The zero-order valence-electron chi connectivity index (χ0n) is 16.0. The molecule has 6 heteroatoms. The molecule has 2 aromatic carbocycles. The Morgan fingerprint density at radius 2 is 1.76 bits per heavy atom. The van der Waals surface area contributed by atoms with Crippen molar-refractivity contribution in [1.29, 1.82) is 0 Å². The number of thiophene rings is 1. The van der Waals surface area contributed by atoms with Gasteiger partial charge in [0.2, 0.25) is 0 Å². The Morgan fingerprint density at radius 3 is 2.45 bits per heavy atom. The second-order valence-corrected chi connectivity index (χ2v) is 8.38. The predicted octanol–water partition coefficient (Wildman–Crippen LogP) is 5.41. The molecule has 4 rings (SSSR count). The highest BCUT2D eigenvalue weighted by Crippen LogP contribution is 2.34. The van der Waals surface area contributed by atoms with Crippen molar-refractivity contribution in [3.8, 4) is 0 Å². The zero-order valence-corrected chi connectivity index (χ0v) is 17.6. The van der Waals surface area contributed by atoms with Crippen LogP contribution in [0.3, 0.4) is 0 Å². The molecule has 0 atom stereocenters. The molecule has 0 aliphatic carbocycles. The molecule has 0 bridgehead atoms. The third kappa shape index (κ3) is 3.84. The summed E-state index contributed by atoms with van der Waals surface area (Å²) in [6.45, 7) is 4.16. The maximum Gasteiger partial charge on any atom is 0.278 e. The number of hydrogen-bond acceptors (Lipinski definition) is 4. The van der Waals surface area contributed by atoms with Crippen molar-refractivity contribution >= 4 is 46.0 Å². The molecule has 1 N–H and O–H groups in total. The topological polar surface area (TPSA) is 49.4 Å². The Balaban J connectivity index is 1.72. The molecule has 4 nitrogen and oxygen atoms in total. The van der Waals surface area contributed by atoms with Crippen LogP contribution >= 0.6 is 22.9 Å². The van der Waals surface area contributed by atoms with E-state index in [1.54, 1.807) is 12.1 Å². The molecule has 0 radical (unpaired) electrons. The van der Waals surface area contributed by atoms with Gasteiger partial charge in [-0.25, -0.2) is 0 Å². The average Bonchev–Trinajstić information content (AvgIpc) is 3.29. The van der Waals surface area contributed by atoms with Crippen LogP contribution in [-0.4, -0.2) is 16.7 Å². The highest BCUT2D eigenvalue weighted by molar-refractivity contribution is 7.11. The summed E-state index contributed by atoms with van der Waals surface area (Å²) in [4.78, 5) is 28.5. The van der Waals surface area contributed by atoms with Crippen LogP contribution in [0.4, 0.5) is 5.69 Å². The second kappa shape index (κ2) is 7.85. The predicted molar refractivity (Wildman–Crippen MR) is 118 cm³/mol. The summed E-state index contributed by atoms with van der Waals surface area (Å²) >= 11 is 7.40. The molecule has 1 aromatic heterocycles. The van der Waals surface area contributed by atoms with Gasteiger partial charge in [-0.15, -0.1) is 11.3 Å². The van der Waals surface area contributed by atoms with Crippen LogP contribution < -0.4 is 5.32 Å². The Kier molecular flexibility index (Phi) is 5.26. The SMILES string of the molecule is Cc1ccc(C)c(NC2=C(c3cccs3)C(=O)N(Cc3ccc(Cl)cc3)C2=O)c1. The first-order valence-electron chi connectivity index (χ1n) is 9.17. The van der Waals surface area contributed by atoms with E-state index in [2.05, 4.69) is 5.32 Å². The van der Waals surface area contributed by atoms with E-state index < -0.39 is 0 Å². The number of amides is 2. The van der Waals surface area contributed by atoms with Gasteiger partial charge in [0.25, 0.3) is 11.8 Å². The van der Waals surface area contributed by atoms with Gasteiger partial charge in [-0.2, -0.15) is 0 Å². The summed E-state index contributed by atoms with van der Waals surface area (Å²) in [5.74, 6) is -0.616. The van der Waals surface area contributed by atoms with E-state index in [1.807, 2.05) is 61.7 Å². The molecule has 2 heterocycles. The van der Waals surface area contributed by atoms with Gasteiger partial charge in [-0.3, -0.25) is 14.5 Å². The van der Waals surface area contributed by atoms with Crippen LogP contribution in [0, 0.1) is 13.8 Å². The van der Waals surface area contributed by atoms with Crippen molar-refractivity contribution in [1.82, 2.24) is 4.90 Å². The number of anilines is 1. The van der Waals surface area contributed by atoms with Crippen molar-refractivity contribution in [3.63, 3.8) is 0 Å². The fourth-order valence-electron chi connectivity index (χ4n) is 3.26. The number of carbonyl (C=O) groups is 2. The van der Waals surface area contributed by atoms with Gasteiger partial charge < -0.3 is 5.32 Å². The minimum Gasteiger partial charge on any atom is -0.350 e. The maximum atomic E-state index is 13.3. The van der Waals surface area contributed by atoms with Crippen molar-refractivity contribution in [2.24, 2.45) is 0 Å². The molecule has 2 amide bonds. The molecule has 0 saturated carbocycles. The number of halogens is 1. The smallest absolute Gasteiger partial charge is 0.278 e. The Morgan fingerprint density at radius 1 is 1.00 bits per heavy atom. The largest absolute Gasteiger partial charge is 0.350 e. The number of benzene rings is 2. The summed E-state index contributed by atoms with van der Waals surface area (Å²) in [5, 5.41) is 5.76. The number of rotatable bonds is 5. The lowest BCUT2D eigenvalue weighted by Crippen LogP contribution is -2.32. The van der Waals surface area contributed by atoms with Gasteiger partial charge in [-0.05, 0) is 60.2 Å². The van der Waals surface area contributed by atoms with Crippen molar-refractivity contribution in [2.45, 2.75) is 20.4 Å². The molecule has 0 saturated heterocycles. The molecule has 0 unspecified atom stereocenters. The fraction of sp³-hybridized carbons (Fsp3) is 0.130. The molecule has 146 valence electrons. The van der Waals surface area contributed by atoms with Gasteiger partial charge in [0.05, 0.1) is 12.1 Å². The van der Waals surface area contributed by atoms with Gasteiger partial charge in [0.1, 0.15) is 5.70 Å². The molecular formula is C23H19ClN2O2S. The third-order valence-electron chi connectivity index (χ3n) is 4.84. The summed E-state index contributed by atoms with van der Waals surface area (Å²) in [6, 6.07) is 16.9. The van der Waals surface area contributed by atoms with Gasteiger partial charge in [-0.1, -0.05) is 41.9 Å². The van der Waals surface area contributed by atoms with E-state index in [1.165, 1.54) is 16.2 Å². The number of nitrogens with one attached hydrogen (secondary N) is 1. The van der Waals surface area contributed by atoms with Crippen LogP contribution in [-0.2, 0) is 16.1 Å². The molecule has 3 aromatic rings. The van der Waals surface area contributed by atoms with Crippen LogP contribution in [0.1, 0.15) is 21.6 Å². The molecule has 0 fully saturated rings. The first-order chi connectivity index (χ1) is 13.9. The zero-order chi connectivity index (χ0) is 20.5. The highest BCUT2D eigenvalue weighted by Gasteiger charge is 2.39. The summed E-state index contributed by atoms with van der Waals surface area (Å²) in [5.41, 5.74) is 4.48. The molecular weight excluding hydrogens is 404 g/mol. The minimum atomic E-state index is -0.325. The lowest BCUT2D eigenvalue weighted by molar-refractivity contribution is -0.137. The highest BCUT2D eigenvalue weighted by atomic mass is 35.5. The van der Waals surface area contributed by atoms with E-state index in [0.29, 0.717) is 16.3 Å². The van der Waals surface area contributed by atoms with Crippen LogP contribution in [0.2, 0.25) is 5.02 Å². The summed E-state index contributed by atoms with van der Waals surface area (Å²) in [7, 11) is 0. The van der Waals surface area contributed by atoms with Crippen molar-refractivity contribution < 1.29 is 9.59 Å². The second-order valence-electron chi connectivity index (χ2n) is 6.99. The number of aryl methyl sites for hydroxylation is 2. The van der Waals surface area contributed by atoms with E-state index in [0.717, 1.165) is 27.3 Å². The number of imide groups is 1. The number of nitrogens with zero attached hydrogens (tertiary/aromatic N) is 1. The fourth-order valence-corrected chi connectivity index (χ4v) is 4.16. The maximum absolute atomic E-state index is 13.3. The van der Waals surface area contributed by atoms with E-state index in [9.17, 15) is 9.59 Å². The van der Waals surface area contributed by atoms with Gasteiger partial charge in [0, 0.05) is 15.6 Å². The molecule has 1 aliphatic rings. The van der Waals surface area contributed by atoms with Crippen LogP contribution in [0.25, 0.3) is 5.57 Å². The molecule has 0 spiro atoms. The average molecular weight is 423 g/mol. The lowest BCUT2D eigenvalue weighted by Gasteiger charge is -2.16. The van der Waals surface area contributed by atoms with Crippen LogP contribution in [0.5, 0.6) is 0 Å². The minimum absolute atomic E-state index is 0.196. The Labute approximate surface area is 178 Å². The number of carbonyl (C=O) groups excluding carboxylic acids is 2. The Hall–Kier alpha value is -2.89.